The molecule has 0 saturated heterocycles. The fourth-order valence-electron chi connectivity index (χ4n) is 2.92. The Bertz CT molecular complexity index is 591. The number of aryl methyl sites for hydroxylation is 2. The van der Waals surface area contributed by atoms with Gasteiger partial charge in [0.2, 0.25) is 0 Å². The third kappa shape index (κ3) is 2.26. The minimum Gasteiger partial charge on any atom is -0.493 e. The molecule has 0 amide bonds. The number of ether oxygens (including phenoxy) is 1. The molecule has 1 aliphatic rings. The number of methoxy groups -OCH3 is 1. The number of hydrogen-bond donors (Lipinski definition) is 1. The van der Waals surface area contributed by atoms with Gasteiger partial charge < -0.3 is 10.1 Å². The zero-order valence-corrected chi connectivity index (χ0v) is 12.1. The van der Waals surface area contributed by atoms with Gasteiger partial charge in [-0.1, -0.05) is 25.1 Å². The summed E-state index contributed by atoms with van der Waals surface area (Å²) in [6, 6.07) is 8.79. The molecule has 20 heavy (non-hydrogen) atoms. The van der Waals surface area contributed by atoms with Gasteiger partial charge in [-0.25, -0.2) is 0 Å². The largest absolute Gasteiger partial charge is 0.493 e. The maximum absolute atomic E-state index is 5.49. The predicted octanol–water partition coefficient (Wildman–Crippen LogP) is 3.40. The number of fused-ring (bicyclic) bond motifs is 1. The highest BCUT2D eigenvalue weighted by atomic mass is 16.5. The molecule has 106 valence electrons. The number of para-hydroxylation sites is 1. The molecule has 4 nitrogen and oxygen atoms in total. The summed E-state index contributed by atoms with van der Waals surface area (Å²) >= 11 is 0. The Labute approximate surface area is 119 Å². The van der Waals surface area contributed by atoms with Crippen LogP contribution in [0, 0.1) is 0 Å². The van der Waals surface area contributed by atoms with E-state index in [1.807, 2.05) is 6.20 Å². The van der Waals surface area contributed by atoms with E-state index in [1.165, 1.54) is 16.9 Å². The molecular weight excluding hydrogens is 250 g/mol. The van der Waals surface area contributed by atoms with Gasteiger partial charge in [0, 0.05) is 12.2 Å². The Morgan fingerprint density at radius 1 is 1.40 bits per heavy atom. The zero-order valence-electron chi connectivity index (χ0n) is 12.1. The van der Waals surface area contributed by atoms with E-state index >= 15 is 0 Å². The predicted molar refractivity (Wildman–Crippen MR) is 80.2 cm³/mol. The fraction of sp³-hybridized carbons (Fsp3) is 0.438. The Balaban J connectivity index is 1.92. The van der Waals surface area contributed by atoms with Crippen LogP contribution >= 0.6 is 0 Å². The molecule has 1 aromatic carbocycles. The second kappa shape index (κ2) is 5.57. The highest BCUT2D eigenvalue weighted by molar-refractivity contribution is 5.55. The lowest BCUT2D eigenvalue weighted by Crippen LogP contribution is -2.22. The van der Waals surface area contributed by atoms with Crippen molar-refractivity contribution < 1.29 is 4.74 Å². The van der Waals surface area contributed by atoms with Crippen molar-refractivity contribution in [3.63, 3.8) is 0 Å². The second-order valence-corrected chi connectivity index (χ2v) is 5.21. The van der Waals surface area contributed by atoms with Crippen molar-refractivity contribution in [3.05, 3.63) is 41.7 Å². The zero-order chi connectivity index (χ0) is 13.9. The molecule has 1 N–H and O–H groups in total. The van der Waals surface area contributed by atoms with Crippen LogP contribution in [0.3, 0.4) is 0 Å². The molecule has 0 radical (unpaired) electrons. The van der Waals surface area contributed by atoms with Gasteiger partial charge >= 0.3 is 0 Å². The Morgan fingerprint density at radius 2 is 2.25 bits per heavy atom. The molecule has 0 saturated carbocycles. The first-order valence-corrected chi connectivity index (χ1v) is 7.27. The molecule has 1 atom stereocenters. The number of nitrogens with one attached hydrogen (secondary N) is 1. The molecule has 1 unspecified atom stereocenters. The lowest BCUT2D eigenvalue weighted by atomic mass is 9.96. The first-order chi connectivity index (χ1) is 9.83. The molecule has 4 heteroatoms. The maximum Gasteiger partial charge on any atom is 0.162 e. The fourth-order valence-corrected chi connectivity index (χ4v) is 2.92. The highest BCUT2D eigenvalue weighted by Crippen LogP contribution is 2.36. The molecule has 2 heterocycles. The molecule has 1 aliphatic heterocycles. The van der Waals surface area contributed by atoms with Crippen molar-refractivity contribution in [3.8, 4) is 5.75 Å². The van der Waals surface area contributed by atoms with Crippen LogP contribution in [0.1, 0.15) is 37.1 Å². The smallest absolute Gasteiger partial charge is 0.162 e. The third-order valence-electron chi connectivity index (χ3n) is 3.88. The van der Waals surface area contributed by atoms with Gasteiger partial charge in [0.25, 0.3) is 0 Å². The average Bonchev–Trinajstić information content (AvgIpc) is 2.90. The average molecular weight is 271 g/mol. The molecule has 0 spiro atoms. The van der Waals surface area contributed by atoms with Gasteiger partial charge in [0.1, 0.15) is 5.69 Å². The SMILES string of the molecule is CCCn1ncc(OC)c1C1CCc2ccccc2N1. The van der Waals surface area contributed by atoms with Crippen molar-refractivity contribution in [2.45, 2.75) is 38.8 Å². The molecular formula is C16H21N3O. The third-order valence-corrected chi connectivity index (χ3v) is 3.88. The van der Waals surface area contributed by atoms with Crippen LogP contribution in [0.15, 0.2) is 30.5 Å². The summed E-state index contributed by atoms with van der Waals surface area (Å²) in [5.74, 6) is 0.885. The van der Waals surface area contributed by atoms with E-state index in [0.717, 1.165) is 31.6 Å². The van der Waals surface area contributed by atoms with Crippen molar-refractivity contribution in [1.29, 1.82) is 0 Å². The number of rotatable bonds is 4. The van der Waals surface area contributed by atoms with Gasteiger partial charge in [0.05, 0.1) is 19.3 Å². The highest BCUT2D eigenvalue weighted by Gasteiger charge is 2.25. The van der Waals surface area contributed by atoms with Gasteiger partial charge in [-0.15, -0.1) is 0 Å². The van der Waals surface area contributed by atoms with Crippen molar-refractivity contribution >= 4 is 5.69 Å². The molecule has 0 aliphatic carbocycles. The summed E-state index contributed by atoms with van der Waals surface area (Å²) in [4.78, 5) is 0. The lowest BCUT2D eigenvalue weighted by molar-refractivity contribution is 0.400. The van der Waals surface area contributed by atoms with E-state index in [2.05, 4.69) is 46.3 Å². The van der Waals surface area contributed by atoms with E-state index in [0.29, 0.717) is 0 Å². The van der Waals surface area contributed by atoms with Crippen molar-refractivity contribution in [2.24, 2.45) is 0 Å². The summed E-state index contributed by atoms with van der Waals surface area (Å²) < 4.78 is 7.56. The topological polar surface area (TPSA) is 39.1 Å². The number of anilines is 1. The van der Waals surface area contributed by atoms with Crippen LogP contribution in [0.2, 0.25) is 0 Å². The number of hydrogen-bond acceptors (Lipinski definition) is 3. The van der Waals surface area contributed by atoms with Gasteiger partial charge in [-0.2, -0.15) is 5.10 Å². The quantitative estimate of drug-likeness (QED) is 0.926. The van der Waals surface area contributed by atoms with Crippen molar-refractivity contribution in [2.75, 3.05) is 12.4 Å². The monoisotopic (exact) mass is 271 g/mol. The lowest BCUT2D eigenvalue weighted by Gasteiger charge is -2.28. The summed E-state index contributed by atoms with van der Waals surface area (Å²) in [6.07, 6.45) is 5.06. The molecule has 0 bridgehead atoms. The maximum atomic E-state index is 5.49. The molecule has 3 rings (SSSR count). The minimum atomic E-state index is 0.272. The van der Waals surface area contributed by atoms with E-state index in [1.54, 1.807) is 7.11 Å². The summed E-state index contributed by atoms with van der Waals surface area (Å²) in [7, 11) is 1.72. The Hall–Kier alpha value is -1.97. The number of aromatic nitrogens is 2. The minimum absolute atomic E-state index is 0.272. The Kier molecular flexibility index (Phi) is 3.63. The van der Waals surface area contributed by atoms with Crippen LogP contribution in [-0.2, 0) is 13.0 Å². The molecule has 0 fully saturated rings. The van der Waals surface area contributed by atoms with Crippen molar-refractivity contribution in [1.82, 2.24) is 9.78 Å². The van der Waals surface area contributed by atoms with Crippen LogP contribution in [0.25, 0.3) is 0 Å². The first kappa shape index (κ1) is 13.0. The van der Waals surface area contributed by atoms with Crippen LogP contribution in [-0.4, -0.2) is 16.9 Å². The number of nitrogens with zero attached hydrogens (tertiary/aromatic N) is 2. The molecule has 1 aromatic heterocycles. The standard InChI is InChI=1S/C16H21N3O/c1-3-10-19-16(15(20-2)11-17-19)14-9-8-12-6-4-5-7-13(12)18-14/h4-7,11,14,18H,3,8-10H2,1-2H3. The van der Waals surface area contributed by atoms with E-state index in [-0.39, 0.29) is 6.04 Å². The van der Waals surface area contributed by atoms with Crippen LogP contribution < -0.4 is 10.1 Å². The summed E-state index contributed by atoms with van der Waals surface area (Å²) in [5, 5.41) is 8.09. The van der Waals surface area contributed by atoms with E-state index < -0.39 is 0 Å². The van der Waals surface area contributed by atoms with Crippen LogP contribution in [0.5, 0.6) is 5.75 Å². The van der Waals surface area contributed by atoms with Gasteiger partial charge in [-0.05, 0) is 30.9 Å². The molecule has 2 aromatic rings. The van der Waals surface area contributed by atoms with E-state index in [4.69, 9.17) is 4.74 Å². The van der Waals surface area contributed by atoms with Gasteiger partial charge in [-0.3, -0.25) is 4.68 Å². The summed E-state index contributed by atoms with van der Waals surface area (Å²) in [5.41, 5.74) is 3.79. The second-order valence-electron chi connectivity index (χ2n) is 5.21. The Morgan fingerprint density at radius 3 is 3.05 bits per heavy atom. The van der Waals surface area contributed by atoms with E-state index in [9.17, 15) is 0 Å². The van der Waals surface area contributed by atoms with Crippen LogP contribution in [0.4, 0.5) is 5.69 Å². The summed E-state index contributed by atoms with van der Waals surface area (Å²) in [6.45, 7) is 3.10. The number of benzene rings is 1. The normalized spacial score (nSPS) is 17.4. The first-order valence-electron chi connectivity index (χ1n) is 7.27. The van der Waals surface area contributed by atoms with Gasteiger partial charge in [0.15, 0.2) is 5.75 Å².